The molecule has 6 heteroatoms. The van der Waals surface area contributed by atoms with Crippen LogP contribution in [0.1, 0.15) is 11.9 Å². The molecule has 0 radical (unpaired) electrons. The first-order valence-electron chi connectivity index (χ1n) is 7.42. The number of fused-ring (bicyclic) bond motifs is 3. The third kappa shape index (κ3) is 2.30. The summed E-state index contributed by atoms with van der Waals surface area (Å²) >= 11 is 0. The van der Waals surface area contributed by atoms with Gasteiger partial charge in [0.15, 0.2) is 5.82 Å². The van der Waals surface area contributed by atoms with E-state index >= 15 is 0 Å². The molecule has 1 aromatic carbocycles. The van der Waals surface area contributed by atoms with Crippen LogP contribution >= 0.6 is 0 Å². The Labute approximate surface area is 123 Å². The molecule has 6 nitrogen and oxygen atoms in total. The van der Waals surface area contributed by atoms with Crippen LogP contribution in [0, 0.1) is 0 Å². The van der Waals surface area contributed by atoms with Crippen molar-refractivity contribution >= 4 is 5.69 Å². The third-order valence-electron chi connectivity index (χ3n) is 4.44. The molecular formula is C15H19N5O. The molecule has 2 aromatic rings. The van der Waals surface area contributed by atoms with Gasteiger partial charge < -0.3 is 9.84 Å². The number of anilines is 1. The molecule has 1 atom stereocenters. The molecule has 1 unspecified atom stereocenters. The molecular weight excluding hydrogens is 266 g/mol. The lowest BCUT2D eigenvalue weighted by Gasteiger charge is -2.46. The zero-order valence-corrected chi connectivity index (χ0v) is 12.1. The van der Waals surface area contributed by atoms with E-state index < -0.39 is 0 Å². The van der Waals surface area contributed by atoms with Crippen molar-refractivity contribution in [3.8, 4) is 11.5 Å². The summed E-state index contributed by atoms with van der Waals surface area (Å²) in [7, 11) is 1.90. The SMILES string of the molecule is CNc1ccc(-c2nc(C3CN4CCN3CC4)no2)cc1. The normalized spacial score (nSPS) is 27.8. The smallest absolute Gasteiger partial charge is 0.257 e. The van der Waals surface area contributed by atoms with Gasteiger partial charge in [0.05, 0.1) is 6.04 Å². The molecule has 3 saturated heterocycles. The highest BCUT2D eigenvalue weighted by Crippen LogP contribution is 2.28. The molecule has 21 heavy (non-hydrogen) atoms. The number of hydrogen-bond acceptors (Lipinski definition) is 6. The maximum atomic E-state index is 5.46. The summed E-state index contributed by atoms with van der Waals surface area (Å²) in [5, 5.41) is 7.31. The van der Waals surface area contributed by atoms with Crippen LogP contribution in [0.25, 0.3) is 11.5 Å². The Kier molecular flexibility index (Phi) is 3.12. The molecule has 0 saturated carbocycles. The Bertz CT molecular complexity index is 615. The lowest BCUT2D eigenvalue weighted by atomic mass is 10.1. The summed E-state index contributed by atoms with van der Waals surface area (Å²) < 4.78 is 5.46. The van der Waals surface area contributed by atoms with Crippen LogP contribution < -0.4 is 5.32 Å². The average Bonchev–Trinajstić information content (AvgIpc) is 3.06. The Morgan fingerprint density at radius 3 is 2.52 bits per heavy atom. The lowest BCUT2D eigenvalue weighted by molar-refractivity contribution is 0.00781. The quantitative estimate of drug-likeness (QED) is 0.921. The number of hydrogen-bond donors (Lipinski definition) is 1. The standard InChI is InChI=1S/C15H19N5O/c1-16-12-4-2-11(3-5-12)15-17-14(18-21-15)13-10-19-6-8-20(13)9-7-19/h2-5,13,16H,6-10H2,1H3. The second-order valence-electron chi connectivity index (χ2n) is 5.64. The van der Waals surface area contributed by atoms with Crippen LogP contribution in [-0.4, -0.2) is 59.7 Å². The molecule has 0 amide bonds. The van der Waals surface area contributed by atoms with Crippen LogP contribution in [0.15, 0.2) is 28.8 Å². The average molecular weight is 285 g/mol. The summed E-state index contributed by atoms with van der Waals surface area (Å²) in [6.45, 7) is 5.54. The summed E-state index contributed by atoms with van der Waals surface area (Å²) in [5.74, 6) is 1.41. The molecule has 2 bridgehead atoms. The first-order chi connectivity index (χ1) is 10.3. The highest BCUT2D eigenvalue weighted by atomic mass is 16.5. The van der Waals surface area contributed by atoms with Crippen LogP contribution in [0.5, 0.6) is 0 Å². The van der Waals surface area contributed by atoms with Gasteiger partial charge in [-0.1, -0.05) is 5.16 Å². The maximum absolute atomic E-state index is 5.46. The number of piperazine rings is 3. The molecule has 0 spiro atoms. The topological polar surface area (TPSA) is 57.4 Å². The van der Waals surface area contributed by atoms with E-state index in [9.17, 15) is 0 Å². The van der Waals surface area contributed by atoms with Gasteiger partial charge in [-0.2, -0.15) is 4.98 Å². The van der Waals surface area contributed by atoms with Crippen molar-refractivity contribution in [2.75, 3.05) is 45.1 Å². The molecule has 3 fully saturated rings. The van der Waals surface area contributed by atoms with Crippen molar-refractivity contribution in [1.82, 2.24) is 19.9 Å². The second-order valence-corrected chi connectivity index (χ2v) is 5.64. The van der Waals surface area contributed by atoms with Gasteiger partial charge >= 0.3 is 0 Å². The molecule has 1 aromatic heterocycles. The number of rotatable bonds is 3. The van der Waals surface area contributed by atoms with Crippen molar-refractivity contribution in [3.63, 3.8) is 0 Å². The van der Waals surface area contributed by atoms with Gasteiger partial charge in [0.25, 0.3) is 5.89 Å². The van der Waals surface area contributed by atoms with Gasteiger partial charge in [-0.3, -0.25) is 9.80 Å². The summed E-state index contributed by atoms with van der Waals surface area (Å²) in [6, 6.07) is 8.30. The van der Waals surface area contributed by atoms with Gasteiger partial charge in [-0.05, 0) is 24.3 Å². The monoisotopic (exact) mass is 285 g/mol. The van der Waals surface area contributed by atoms with Crippen LogP contribution in [-0.2, 0) is 0 Å². The summed E-state index contributed by atoms with van der Waals surface area (Å²) in [5.41, 5.74) is 2.03. The summed E-state index contributed by atoms with van der Waals surface area (Å²) in [4.78, 5) is 9.54. The van der Waals surface area contributed by atoms with E-state index in [1.807, 2.05) is 31.3 Å². The zero-order chi connectivity index (χ0) is 14.2. The minimum Gasteiger partial charge on any atom is -0.388 e. The van der Waals surface area contributed by atoms with E-state index in [1.165, 1.54) is 0 Å². The van der Waals surface area contributed by atoms with E-state index in [4.69, 9.17) is 4.52 Å². The number of nitrogens with zero attached hydrogens (tertiary/aromatic N) is 4. The van der Waals surface area contributed by atoms with Crippen molar-refractivity contribution in [2.45, 2.75) is 6.04 Å². The van der Waals surface area contributed by atoms with Crippen LogP contribution in [0.3, 0.4) is 0 Å². The molecule has 0 aliphatic carbocycles. The highest BCUT2D eigenvalue weighted by Gasteiger charge is 2.35. The molecule has 3 aliphatic heterocycles. The fourth-order valence-electron chi connectivity index (χ4n) is 3.13. The molecule has 1 N–H and O–H groups in total. The molecule has 5 rings (SSSR count). The van der Waals surface area contributed by atoms with Crippen molar-refractivity contribution in [3.05, 3.63) is 30.1 Å². The third-order valence-corrected chi connectivity index (χ3v) is 4.44. The Morgan fingerprint density at radius 2 is 1.90 bits per heavy atom. The fourth-order valence-corrected chi connectivity index (χ4v) is 3.13. The van der Waals surface area contributed by atoms with Crippen molar-refractivity contribution in [2.24, 2.45) is 0 Å². The lowest BCUT2D eigenvalue weighted by Crippen LogP contribution is -2.57. The minimum absolute atomic E-state index is 0.279. The Hall–Kier alpha value is -1.92. The van der Waals surface area contributed by atoms with Crippen LogP contribution in [0.4, 0.5) is 5.69 Å². The van der Waals surface area contributed by atoms with Crippen LogP contribution in [0.2, 0.25) is 0 Å². The van der Waals surface area contributed by atoms with Gasteiger partial charge in [-0.15, -0.1) is 0 Å². The molecule has 4 heterocycles. The van der Waals surface area contributed by atoms with Gasteiger partial charge in [0, 0.05) is 51.0 Å². The van der Waals surface area contributed by atoms with E-state index in [1.54, 1.807) is 0 Å². The Morgan fingerprint density at radius 1 is 1.14 bits per heavy atom. The molecule has 3 aliphatic rings. The highest BCUT2D eigenvalue weighted by molar-refractivity contribution is 5.58. The van der Waals surface area contributed by atoms with Gasteiger partial charge in [0.1, 0.15) is 0 Å². The van der Waals surface area contributed by atoms with Crippen molar-refractivity contribution < 1.29 is 4.52 Å². The van der Waals surface area contributed by atoms with E-state index in [0.717, 1.165) is 49.8 Å². The van der Waals surface area contributed by atoms with Crippen molar-refractivity contribution in [1.29, 1.82) is 0 Å². The van der Waals surface area contributed by atoms with E-state index in [0.29, 0.717) is 5.89 Å². The number of benzene rings is 1. The van der Waals surface area contributed by atoms with E-state index in [-0.39, 0.29) is 6.04 Å². The Balaban J connectivity index is 1.57. The first kappa shape index (κ1) is 12.8. The second kappa shape index (κ2) is 5.13. The van der Waals surface area contributed by atoms with Gasteiger partial charge in [-0.25, -0.2) is 0 Å². The zero-order valence-electron chi connectivity index (χ0n) is 12.1. The fraction of sp³-hybridized carbons (Fsp3) is 0.467. The minimum atomic E-state index is 0.279. The largest absolute Gasteiger partial charge is 0.388 e. The number of aromatic nitrogens is 2. The number of nitrogens with one attached hydrogen (secondary N) is 1. The maximum Gasteiger partial charge on any atom is 0.257 e. The predicted molar refractivity (Wildman–Crippen MR) is 80.0 cm³/mol. The predicted octanol–water partition coefficient (Wildman–Crippen LogP) is 1.45. The summed E-state index contributed by atoms with van der Waals surface area (Å²) in [6.07, 6.45) is 0. The van der Waals surface area contributed by atoms with E-state index in [2.05, 4.69) is 25.3 Å². The molecule has 110 valence electrons. The van der Waals surface area contributed by atoms with Gasteiger partial charge in [0.2, 0.25) is 0 Å². The first-order valence-corrected chi connectivity index (χ1v) is 7.42.